The first-order valence-corrected chi connectivity index (χ1v) is 7.33. The predicted octanol–water partition coefficient (Wildman–Crippen LogP) is 6.27. The summed E-state index contributed by atoms with van der Waals surface area (Å²) in [6.07, 6.45) is 0. The van der Waals surface area contributed by atoms with E-state index in [4.69, 9.17) is 58.0 Å². The van der Waals surface area contributed by atoms with Gasteiger partial charge < -0.3 is 10.4 Å². The molecule has 2 aromatic rings. The van der Waals surface area contributed by atoms with Crippen molar-refractivity contribution in [1.82, 2.24) is 0 Å². The first-order valence-electron chi connectivity index (χ1n) is 5.44. The topological polar surface area (TPSA) is 32.3 Å². The van der Waals surface area contributed by atoms with Crippen molar-refractivity contribution in [2.75, 3.05) is 5.32 Å². The molecule has 2 aromatic carbocycles. The van der Waals surface area contributed by atoms with Crippen LogP contribution in [0.25, 0.3) is 0 Å². The standard InChI is InChI=1S/C13H8Cl5NO/c14-8-1-2-9(15)12(18)7(8)5-19-6-3-10(16)13(20)11(17)4-6/h1-4,19-20H,5H2. The van der Waals surface area contributed by atoms with Crippen LogP contribution in [0, 0.1) is 0 Å². The molecule has 20 heavy (non-hydrogen) atoms. The van der Waals surface area contributed by atoms with E-state index >= 15 is 0 Å². The molecule has 0 aliphatic carbocycles. The molecule has 7 heteroatoms. The van der Waals surface area contributed by atoms with Crippen molar-refractivity contribution >= 4 is 63.7 Å². The fraction of sp³-hybridized carbons (Fsp3) is 0.0769. The third-order valence-electron chi connectivity index (χ3n) is 2.63. The van der Waals surface area contributed by atoms with E-state index in [0.29, 0.717) is 32.9 Å². The Morgan fingerprint density at radius 2 is 1.40 bits per heavy atom. The smallest absolute Gasteiger partial charge is 0.152 e. The van der Waals surface area contributed by atoms with Crippen molar-refractivity contribution in [3.05, 3.63) is 54.9 Å². The van der Waals surface area contributed by atoms with Gasteiger partial charge in [0.25, 0.3) is 0 Å². The van der Waals surface area contributed by atoms with E-state index in [1.807, 2.05) is 0 Å². The van der Waals surface area contributed by atoms with Crippen LogP contribution >= 0.6 is 58.0 Å². The first kappa shape index (κ1) is 15.9. The number of phenols is 1. The molecule has 0 atom stereocenters. The highest BCUT2D eigenvalue weighted by Gasteiger charge is 2.11. The number of hydrogen-bond donors (Lipinski definition) is 2. The summed E-state index contributed by atoms with van der Waals surface area (Å²) in [6.45, 7) is 0.343. The summed E-state index contributed by atoms with van der Waals surface area (Å²) >= 11 is 29.8. The molecule has 0 radical (unpaired) electrons. The third kappa shape index (κ3) is 3.38. The van der Waals surface area contributed by atoms with Crippen molar-refractivity contribution in [2.24, 2.45) is 0 Å². The molecule has 2 rings (SSSR count). The van der Waals surface area contributed by atoms with Crippen molar-refractivity contribution in [3.8, 4) is 5.75 Å². The molecular formula is C13H8Cl5NO. The third-order valence-corrected chi connectivity index (χ3v) is 4.40. The molecule has 0 saturated heterocycles. The van der Waals surface area contributed by atoms with Gasteiger partial charge in [-0.15, -0.1) is 0 Å². The number of rotatable bonds is 3. The van der Waals surface area contributed by atoms with Crippen molar-refractivity contribution < 1.29 is 5.11 Å². The maximum atomic E-state index is 9.49. The maximum Gasteiger partial charge on any atom is 0.152 e. The number of halogens is 5. The largest absolute Gasteiger partial charge is 0.505 e. The van der Waals surface area contributed by atoms with Gasteiger partial charge in [0, 0.05) is 22.8 Å². The molecule has 0 aliphatic rings. The fourth-order valence-corrected chi connectivity index (χ4v) is 2.76. The highest BCUT2D eigenvalue weighted by atomic mass is 35.5. The Hall–Kier alpha value is -0.510. The fourth-order valence-electron chi connectivity index (χ4n) is 1.59. The van der Waals surface area contributed by atoms with Gasteiger partial charge in [0.1, 0.15) is 0 Å². The minimum Gasteiger partial charge on any atom is -0.505 e. The molecule has 0 fully saturated rings. The molecule has 2 nitrogen and oxygen atoms in total. The molecule has 0 saturated carbocycles. The zero-order chi connectivity index (χ0) is 14.9. The SMILES string of the molecule is Oc1c(Cl)cc(NCc2c(Cl)ccc(Cl)c2Cl)cc1Cl. The lowest BCUT2D eigenvalue weighted by Crippen LogP contribution is -2.01. The van der Waals surface area contributed by atoms with Crippen LogP contribution in [-0.2, 0) is 6.54 Å². The van der Waals surface area contributed by atoms with Gasteiger partial charge in [-0.2, -0.15) is 0 Å². The Bertz CT molecular complexity index is 636. The molecule has 0 heterocycles. The maximum absolute atomic E-state index is 9.49. The summed E-state index contributed by atoms with van der Waals surface area (Å²) in [4.78, 5) is 0. The van der Waals surface area contributed by atoms with E-state index in [1.165, 1.54) is 0 Å². The van der Waals surface area contributed by atoms with E-state index in [9.17, 15) is 5.11 Å². The first-order chi connectivity index (χ1) is 9.40. The molecule has 0 spiro atoms. The van der Waals surface area contributed by atoms with Gasteiger partial charge >= 0.3 is 0 Å². The second kappa shape index (κ2) is 6.50. The van der Waals surface area contributed by atoms with E-state index < -0.39 is 0 Å². The highest BCUT2D eigenvalue weighted by Crippen LogP contribution is 2.36. The number of nitrogens with one attached hydrogen (secondary N) is 1. The molecular weight excluding hydrogens is 363 g/mol. The van der Waals surface area contributed by atoms with Crippen molar-refractivity contribution in [3.63, 3.8) is 0 Å². The Morgan fingerprint density at radius 1 is 0.850 bits per heavy atom. The summed E-state index contributed by atoms with van der Waals surface area (Å²) in [6, 6.07) is 6.40. The number of aromatic hydroxyl groups is 1. The number of phenolic OH excluding ortho intramolecular Hbond substituents is 1. The van der Waals surface area contributed by atoms with Gasteiger partial charge in [0.2, 0.25) is 0 Å². The summed E-state index contributed by atoms with van der Waals surface area (Å²) in [5.74, 6) is -0.155. The van der Waals surface area contributed by atoms with Gasteiger partial charge in [-0.25, -0.2) is 0 Å². The summed E-state index contributed by atoms with van der Waals surface area (Å²) < 4.78 is 0. The zero-order valence-corrected chi connectivity index (χ0v) is 13.6. The van der Waals surface area contributed by atoms with Gasteiger partial charge in [-0.3, -0.25) is 0 Å². The van der Waals surface area contributed by atoms with Crippen LogP contribution in [0.15, 0.2) is 24.3 Å². The van der Waals surface area contributed by atoms with Crippen LogP contribution in [-0.4, -0.2) is 5.11 Å². The minimum atomic E-state index is -0.155. The molecule has 0 amide bonds. The summed E-state index contributed by atoms with van der Waals surface area (Å²) in [5, 5.41) is 14.2. The number of benzene rings is 2. The zero-order valence-electron chi connectivity index (χ0n) is 9.85. The second-order valence-electron chi connectivity index (χ2n) is 3.96. The lowest BCUT2D eigenvalue weighted by molar-refractivity contribution is 0.476. The molecule has 0 aliphatic heterocycles. The van der Waals surface area contributed by atoms with Gasteiger partial charge in [-0.1, -0.05) is 58.0 Å². The predicted molar refractivity (Wildman–Crippen MR) is 86.9 cm³/mol. The number of hydrogen-bond acceptors (Lipinski definition) is 2. The van der Waals surface area contributed by atoms with Crippen LogP contribution in [0.1, 0.15) is 5.56 Å². The van der Waals surface area contributed by atoms with E-state index in [0.717, 1.165) is 0 Å². The Morgan fingerprint density at radius 3 is 2.00 bits per heavy atom. The van der Waals surface area contributed by atoms with Gasteiger partial charge in [0.15, 0.2) is 5.75 Å². The normalized spacial score (nSPS) is 10.7. The van der Waals surface area contributed by atoms with Gasteiger partial charge in [-0.05, 0) is 24.3 Å². The lowest BCUT2D eigenvalue weighted by atomic mass is 10.2. The van der Waals surface area contributed by atoms with Crippen LogP contribution in [0.2, 0.25) is 25.1 Å². The van der Waals surface area contributed by atoms with Crippen LogP contribution < -0.4 is 5.32 Å². The summed E-state index contributed by atoms with van der Waals surface area (Å²) in [7, 11) is 0. The number of anilines is 1. The average molecular weight is 371 g/mol. The van der Waals surface area contributed by atoms with Crippen molar-refractivity contribution in [2.45, 2.75) is 6.54 Å². The van der Waals surface area contributed by atoms with Gasteiger partial charge in [0.05, 0.1) is 20.1 Å². The Labute approximate surface area is 141 Å². The average Bonchev–Trinajstić information content (AvgIpc) is 2.40. The lowest BCUT2D eigenvalue weighted by Gasteiger charge is -2.12. The van der Waals surface area contributed by atoms with Crippen LogP contribution in [0.3, 0.4) is 0 Å². The quantitative estimate of drug-likeness (QED) is 0.492. The highest BCUT2D eigenvalue weighted by molar-refractivity contribution is 6.44. The molecule has 106 valence electrons. The van der Waals surface area contributed by atoms with E-state index in [2.05, 4.69) is 5.32 Å². The molecule has 0 aromatic heterocycles. The molecule has 2 N–H and O–H groups in total. The molecule has 0 unspecified atom stereocenters. The van der Waals surface area contributed by atoms with E-state index in [-0.39, 0.29) is 15.8 Å². The Balaban J connectivity index is 2.24. The van der Waals surface area contributed by atoms with Crippen LogP contribution in [0.5, 0.6) is 5.75 Å². The summed E-state index contributed by atoms with van der Waals surface area (Å²) in [5.41, 5.74) is 1.30. The van der Waals surface area contributed by atoms with E-state index in [1.54, 1.807) is 24.3 Å². The van der Waals surface area contributed by atoms with Crippen LogP contribution in [0.4, 0.5) is 5.69 Å². The van der Waals surface area contributed by atoms with Crippen molar-refractivity contribution in [1.29, 1.82) is 0 Å². The second-order valence-corrected chi connectivity index (χ2v) is 5.97. The monoisotopic (exact) mass is 369 g/mol. The minimum absolute atomic E-state index is 0.155. The Kier molecular flexibility index (Phi) is 5.16. The molecule has 0 bridgehead atoms.